The molecule has 0 aromatic carbocycles. The highest BCUT2D eigenvalue weighted by molar-refractivity contribution is 6.67. The van der Waals surface area contributed by atoms with Gasteiger partial charge in [-0.05, 0) is 19.8 Å². The Bertz CT molecular complexity index is 499. The summed E-state index contributed by atoms with van der Waals surface area (Å²) < 4.78 is 26.3. The van der Waals surface area contributed by atoms with Gasteiger partial charge in [0.15, 0.2) is 12.4 Å². The molecule has 10 heteroatoms. The summed E-state index contributed by atoms with van der Waals surface area (Å²) in [6.45, 7) is 1.80. The van der Waals surface area contributed by atoms with Crippen molar-refractivity contribution in [3.8, 4) is 0 Å². The molecule has 1 saturated carbocycles. The van der Waals surface area contributed by atoms with Crippen molar-refractivity contribution >= 4 is 40.9 Å². The van der Waals surface area contributed by atoms with Gasteiger partial charge in [-0.1, -0.05) is 54.1 Å². The zero-order chi connectivity index (χ0) is 18.9. The van der Waals surface area contributed by atoms with Crippen LogP contribution in [0.15, 0.2) is 0 Å². The lowest BCUT2D eigenvalue weighted by Gasteiger charge is -2.39. The average Bonchev–Trinajstić information content (AvgIpc) is 3.04. The molecule has 6 atom stereocenters. The summed E-state index contributed by atoms with van der Waals surface area (Å²) >= 11 is 17.7. The number of carbonyl (C=O) groups is 1. The van der Waals surface area contributed by atoms with Crippen molar-refractivity contribution in [2.24, 2.45) is 0 Å². The number of halogens is 3. The molecule has 7 nitrogen and oxygen atoms in total. The summed E-state index contributed by atoms with van der Waals surface area (Å²) in [5.41, 5.74) is 0. The molecule has 26 heavy (non-hydrogen) atoms. The molecule has 1 N–H and O–H groups in total. The normalized spacial score (nSPS) is 38.7. The van der Waals surface area contributed by atoms with Crippen molar-refractivity contribution < 1.29 is 28.5 Å². The standard InChI is InChI=1S/C16H24Cl3NO6/c1-8-10-11(25-14(24-10)16(17,18)19)12(13(22-2)23-8)26-15(21)20-9-6-4-3-5-7-9/h8-14H,3-7H2,1-2H3,(H,20,21)/t8-,10-,11-,12+,13+,14-/m0/s1. The molecule has 3 aliphatic rings. The number of nitrogens with one attached hydrogen (secondary N) is 1. The average molecular weight is 433 g/mol. The first-order valence-corrected chi connectivity index (χ1v) is 9.96. The first kappa shape index (κ1) is 20.7. The van der Waals surface area contributed by atoms with Crippen LogP contribution in [0.2, 0.25) is 0 Å². The van der Waals surface area contributed by atoms with Crippen molar-refractivity contribution in [2.75, 3.05) is 7.11 Å². The second-order valence-electron chi connectivity index (χ2n) is 6.87. The van der Waals surface area contributed by atoms with Gasteiger partial charge in [0.1, 0.15) is 12.2 Å². The molecule has 150 valence electrons. The smallest absolute Gasteiger partial charge is 0.407 e. The summed E-state index contributed by atoms with van der Waals surface area (Å²) in [5.74, 6) is 0. The maximum absolute atomic E-state index is 12.4. The van der Waals surface area contributed by atoms with Crippen molar-refractivity contribution in [1.82, 2.24) is 5.32 Å². The van der Waals surface area contributed by atoms with Crippen LogP contribution >= 0.6 is 34.8 Å². The fourth-order valence-electron chi connectivity index (χ4n) is 3.67. The first-order chi connectivity index (χ1) is 12.3. The van der Waals surface area contributed by atoms with E-state index in [4.69, 9.17) is 58.5 Å². The van der Waals surface area contributed by atoms with Crippen LogP contribution in [0.4, 0.5) is 4.79 Å². The van der Waals surface area contributed by atoms with Crippen LogP contribution in [0.3, 0.4) is 0 Å². The van der Waals surface area contributed by atoms with Gasteiger partial charge in [-0.3, -0.25) is 0 Å². The van der Waals surface area contributed by atoms with E-state index >= 15 is 0 Å². The van der Waals surface area contributed by atoms with Crippen LogP contribution in [0.5, 0.6) is 0 Å². The Kier molecular flexibility index (Phi) is 6.81. The molecule has 1 amide bonds. The second-order valence-corrected chi connectivity index (χ2v) is 9.24. The number of rotatable bonds is 3. The molecule has 2 saturated heterocycles. The van der Waals surface area contributed by atoms with Crippen LogP contribution in [0.1, 0.15) is 39.0 Å². The molecule has 0 spiro atoms. The van der Waals surface area contributed by atoms with E-state index in [2.05, 4.69) is 5.32 Å². The predicted molar refractivity (Wildman–Crippen MR) is 95.4 cm³/mol. The van der Waals surface area contributed by atoms with E-state index in [1.165, 1.54) is 13.5 Å². The Balaban J connectivity index is 1.67. The van der Waals surface area contributed by atoms with E-state index in [0.717, 1.165) is 25.7 Å². The number of carbonyl (C=O) groups excluding carboxylic acids is 1. The maximum Gasteiger partial charge on any atom is 0.407 e. The highest BCUT2D eigenvalue weighted by atomic mass is 35.6. The van der Waals surface area contributed by atoms with Crippen LogP contribution in [0, 0.1) is 0 Å². The Hall–Kier alpha value is -0.0200. The Morgan fingerprint density at radius 1 is 1.08 bits per heavy atom. The Morgan fingerprint density at radius 3 is 2.35 bits per heavy atom. The molecule has 1 aliphatic carbocycles. The molecular formula is C16H24Cl3NO6. The zero-order valence-corrected chi connectivity index (χ0v) is 16.9. The lowest BCUT2D eigenvalue weighted by molar-refractivity contribution is -0.264. The molecule has 0 aromatic heterocycles. The van der Waals surface area contributed by atoms with E-state index in [0.29, 0.717) is 0 Å². The van der Waals surface area contributed by atoms with E-state index in [-0.39, 0.29) is 12.1 Å². The van der Waals surface area contributed by atoms with Crippen molar-refractivity contribution in [3.63, 3.8) is 0 Å². The van der Waals surface area contributed by atoms with E-state index in [9.17, 15) is 4.79 Å². The molecule has 2 aliphatic heterocycles. The molecular weight excluding hydrogens is 409 g/mol. The monoisotopic (exact) mass is 431 g/mol. The van der Waals surface area contributed by atoms with Gasteiger partial charge >= 0.3 is 6.09 Å². The summed E-state index contributed by atoms with van der Waals surface area (Å²) in [7, 11) is 1.47. The lowest BCUT2D eigenvalue weighted by atomic mass is 9.96. The van der Waals surface area contributed by atoms with Crippen molar-refractivity contribution in [1.29, 1.82) is 0 Å². The molecule has 0 bridgehead atoms. The largest absolute Gasteiger partial charge is 0.438 e. The minimum atomic E-state index is -1.77. The van der Waals surface area contributed by atoms with Gasteiger partial charge in [-0.25, -0.2) is 4.79 Å². The number of methoxy groups -OCH3 is 1. The molecule has 2 heterocycles. The van der Waals surface area contributed by atoms with Crippen molar-refractivity contribution in [3.05, 3.63) is 0 Å². The van der Waals surface area contributed by atoms with Crippen LogP contribution in [0.25, 0.3) is 0 Å². The lowest BCUT2D eigenvalue weighted by Crippen LogP contribution is -2.58. The van der Waals surface area contributed by atoms with Gasteiger partial charge in [0.2, 0.25) is 10.1 Å². The third-order valence-corrected chi connectivity index (χ3v) is 5.49. The predicted octanol–water partition coefficient (Wildman–Crippen LogP) is 3.29. The van der Waals surface area contributed by atoms with Crippen LogP contribution in [-0.4, -0.2) is 60.0 Å². The minimum absolute atomic E-state index is 0.117. The summed E-state index contributed by atoms with van der Waals surface area (Å²) in [6.07, 6.45) is 0.413. The maximum atomic E-state index is 12.4. The van der Waals surface area contributed by atoms with Gasteiger partial charge < -0.3 is 29.0 Å². The Labute approximate surface area is 167 Å². The van der Waals surface area contributed by atoms with Gasteiger partial charge in [-0.2, -0.15) is 0 Å². The molecule has 0 radical (unpaired) electrons. The van der Waals surface area contributed by atoms with Gasteiger partial charge in [-0.15, -0.1) is 0 Å². The number of amides is 1. The fraction of sp³-hybridized carbons (Fsp3) is 0.938. The SMILES string of the molecule is CO[C@@H]1O[C@@H](C)[C@@H]2O[C@H](C(Cl)(Cl)Cl)O[C@@H]2[C@H]1OC(=O)NC1CCCCC1. The van der Waals surface area contributed by atoms with E-state index in [1.54, 1.807) is 6.92 Å². The number of fused-ring (bicyclic) bond motifs is 1. The molecule has 0 unspecified atom stereocenters. The van der Waals surface area contributed by atoms with Crippen molar-refractivity contribution in [2.45, 2.75) is 85.9 Å². The van der Waals surface area contributed by atoms with Crippen LogP contribution < -0.4 is 5.32 Å². The van der Waals surface area contributed by atoms with E-state index < -0.39 is 40.8 Å². The highest BCUT2D eigenvalue weighted by Gasteiger charge is 2.57. The zero-order valence-electron chi connectivity index (χ0n) is 14.7. The fourth-order valence-corrected chi connectivity index (χ4v) is 3.98. The number of hydrogen-bond acceptors (Lipinski definition) is 6. The summed E-state index contributed by atoms with van der Waals surface area (Å²) in [5, 5.41) is 2.90. The molecule has 0 aromatic rings. The second kappa shape index (κ2) is 8.55. The van der Waals surface area contributed by atoms with Gasteiger partial charge in [0, 0.05) is 13.2 Å². The minimum Gasteiger partial charge on any atom is -0.438 e. The van der Waals surface area contributed by atoms with Gasteiger partial charge in [0.05, 0.1) is 6.10 Å². The summed E-state index contributed by atoms with van der Waals surface area (Å²) in [6, 6.07) is 0.117. The number of ether oxygens (including phenoxy) is 5. The van der Waals surface area contributed by atoms with E-state index in [1.807, 2.05) is 0 Å². The first-order valence-electron chi connectivity index (χ1n) is 8.82. The number of alkyl halides is 3. The third kappa shape index (κ3) is 4.69. The topological polar surface area (TPSA) is 75.2 Å². The van der Waals surface area contributed by atoms with Gasteiger partial charge in [0.25, 0.3) is 0 Å². The quantitative estimate of drug-likeness (QED) is 0.690. The number of alkyl carbamates (subject to hydrolysis) is 1. The molecule has 3 rings (SSSR count). The molecule has 3 fully saturated rings. The van der Waals surface area contributed by atoms with Crippen LogP contribution in [-0.2, 0) is 23.7 Å². The summed E-state index contributed by atoms with van der Waals surface area (Å²) in [4.78, 5) is 12.4. The third-order valence-electron chi connectivity index (χ3n) is 4.96. The highest BCUT2D eigenvalue weighted by Crippen LogP contribution is 2.42. The number of hydrogen-bond donors (Lipinski definition) is 1. The Morgan fingerprint density at radius 2 is 1.73 bits per heavy atom.